The number of halogens is 1. The maximum Gasteiger partial charge on any atom is 0.271 e. The summed E-state index contributed by atoms with van der Waals surface area (Å²) in [5, 5.41) is 8.33. The molecule has 20 heavy (non-hydrogen) atoms. The second kappa shape index (κ2) is 4.22. The van der Waals surface area contributed by atoms with Gasteiger partial charge in [-0.25, -0.2) is 14.1 Å². The van der Waals surface area contributed by atoms with E-state index >= 15 is 0 Å². The number of rotatable bonds is 2. The third kappa shape index (κ3) is 1.63. The van der Waals surface area contributed by atoms with Crippen molar-refractivity contribution in [2.24, 2.45) is 0 Å². The van der Waals surface area contributed by atoms with Gasteiger partial charge in [0.15, 0.2) is 12.0 Å². The molecule has 0 amide bonds. The van der Waals surface area contributed by atoms with Crippen LogP contribution in [0.3, 0.4) is 0 Å². The summed E-state index contributed by atoms with van der Waals surface area (Å²) in [6, 6.07) is 9.65. The Morgan fingerprint density at radius 2 is 2.05 bits per heavy atom. The van der Waals surface area contributed by atoms with Gasteiger partial charge in [-0.1, -0.05) is 30.3 Å². The number of benzene rings is 1. The third-order valence-corrected chi connectivity index (χ3v) is 3.46. The van der Waals surface area contributed by atoms with Crippen LogP contribution in [-0.4, -0.2) is 29.5 Å². The van der Waals surface area contributed by atoms with Gasteiger partial charge in [0.1, 0.15) is 12.7 Å². The molecule has 0 fully saturated rings. The lowest BCUT2D eigenvalue weighted by molar-refractivity contribution is 0.328. The van der Waals surface area contributed by atoms with Crippen molar-refractivity contribution >= 4 is 0 Å². The van der Waals surface area contributed by atoms with E-state index in [1.807, 2.05) is 30.3 Å². The molecule has 2 aromatic heterocycles. The van der Waals surface area contributed by atoms with Gasteiger partial charge in [-0.15, -0.1) is 5.10 Å². The van der Waals surface area contributed by atoms with Crippen molar-refractivity contribution in [3.05, 3.63) is 54.4 Å². The zero-order valence-corrected chi connectivity index (χ0v) is 10.5. The first-order valence-corrected chi connectivity index (χ1v) is 6.33. The number of fused-ring (bicyclic) bond motifs is 1. The second-order valence-corrected chi connectivity index (χ2v) is 4.68. The summed E-state index contributed by atoms with van der Waals surface area (Å²) in [6.45, 7) is 0. The minimum atomic E-state index is -1.11. The minimum Gasteiger partial charge on any atom is -0.239 e. The molecule has 2 atom stereocenters. The number of nitrogens with zero attached hydrogens (tertiary/aromatic N) is 6. The van der Waals surface area contributed by atoms with Crippen molar-refractivity contribution in [3.8, 4) is 5.95 Å². The Hall–Kier alpha value is -2.57. The zero-order valence-electron chi connectivity index (χ0n) is 10.5. The number of hydrogen-bond acceptors (Lipinski definition) is 4. The molecular formula is C13H11FN6. The monoisotopic (exact) mass is 270 g/mol. The quantitative estimate of drug-likeness (QED) is 0.713. The molecule has 0 N–H and O–H groups in total. The van der Waals surface area contributed by atoms with E-state index < -0.39 is 6.17 Å². The van der Waals surface area contributed by atoms with Crippen LogP contribution in [0.5, 0.6) is 0 Å². The van der Waals surface area contributed by atoms with E-state index in [0.29, 0.717) is 18.2 Å². The minimum absolute atomic E-state index is 0.119. The fourth-order valence-electron chi connectivity index (χ4n) is 2.53. The topological polar surface area (TPSA) is 61.4 Å². The van der Waals surface area contributed by atoms with Crippen molar-refractivity contribution < 1.29 is 4.39 Å². The van der Waals surface area contributed by atoms with Crippen LogP contribution in [0.15, 0.2) is 43.0 Å². The molecule has 0 saturated heterocycles. The van der Waals surface area contributed by atoms with E-state index in [2.05, 4.69) is 20.2 Å². The van der Waals surface area contributed by atoms with Gasteiger partial charge in [-0.05, 0) is 5.56 Å². The Bertz CT molecular complexity index is 721. The Morgan fingerprint density at radius 3 is 2.80 bits per heavy atom. The first-order chi connectivity index (χ1) is 9.83. The molecule has 1 aromatic carbocycles. The first-order valence-electron chi connectivity index (χ1n) is 6.33. The lowest BCUT2D eigenvalue weighted by Gasteiger charge is -2.11. The second-order valence-electron chi connectivity index (χ2n) is 4.68. The predicted octanol–water partition coefficient (Wildman–Crippen LogP) is 1.86. The Balaban J connectivity index is 1.79. The summed E-state index contributed by atoms with van der Waals surface area (Å²) in [7, 11) is 0. The van der Waals surface area contributed by atoms with Crippen molar-refractivity contribution in [1.82, 2.24) is 29.5 Å². The van der Waals surface area contributed by atoms with Crippen LogP contribution in [-0.2, 0) is 0 Å². The van der Waals surface area contributed by atoms with E-state index in [9.17, 15) is 4.39 Å². The van der Waals surface area contributed by atoms with Gasteiger partial charge in [-0.2, -0.15) is 14.8 Å². The molecule has 1 aliphatic heterocycles. The van der Waals surface area contributed by atoms with Crippen LogP contribution in [0.1, 0.15) is 30.0 Å². The highest BCUT2D eigenvalue weighted by Gasteiger charge is 2.35. The van der Waals surface area contributed by atoms with Crippen LogP contribution in [0.25, 0.3) is 5.95 Å². The van der Waals surface area contributed by atoms with E-state index in [1.165, 1.54) is 17.3 Å². The molecule has 1 aliphatic rings. The average molecular weight is 270 g/mol. The molecule has 0 spiro atoms. The first kappa shape index (κ1) is 11.3. The Labute approximate surface area is 113 Å². The molecule has 0 aliphatic carbocycles. The maximum absolute atomic E-state index is 14.1. The van der Waals surface area contributed by atoms with Gasteiger partial charge < -0.3 is 0 Å². The van der Waals surface area contributed by atoms with E-state index in [4.69, 9.17) is 0 Å². The van der Waals surface area contributed by atoms with Gasteiger partial charge >= 0.3 is 0 Å². The van der Waals surface area contributed by atoms with Gasteiger partial charge in [0.05, 0.1) is 6.04 Å². The van der Waals surface area contributed by atoms with Crippen molar-refractivity contribution in [3.63, 3.8) is 0 Å². The molecule has 7 heteroatoms. The number of alkyl halides is 1. The Kier molecular flexibility index (Phi) is 2.38. The SMILES string of the molecule is FC1CC(c2ccccc2)n2nc(-n3cncn3)nc21. The molecule has 4 rings (SSSR count). The number of aromatic nitrogens is 6. The zero-order chi connectivity index (χ0) is 13.5. The van der Waals surface area contributed by atoms with Gasteiger partial charge in [0.2, 0.25) is 0 Å². The molecule has 3 aromatic rings. The highest BCUT2D eigenvalue weighted by atomic mass is 19.1. The molecule has 3 heterocycles. The summed E-state index contributed by atoms with van der Waals surface area (Å²) < 4.78 is 17.2. The largest absolute Gasteiger partial charge is 0.271 e. The summed E-state index contributed by atoms with van der Waals surface area (Å²) in [5.74, 6) is 0.699. The smallest absolute Gasteiger partial charge is 0.239 e. The maximum atomic E-state index is 14.1. The molecule has 0 saturated carbocycles. The van der Waals surface area contributed by atoms with Crippen LogP contribution < -0.4 is 0 Å². The number of hydrogen-bond donors (Lipinski definition) is 0. The summed E-state index contributed by atoms with van der Waals surface area (Å²) >= 11 is 0. The molecular weight excluding hydrogens is 259 g/mol. The van der Waals surface area contributed by atoms with Crippen LogP contribution >= 0.6 is 0 Å². The summed E-state index contributed by atoms with van der Waals surface area (Å²) in [6.07, 6.45) is 2.16. The highest BCUT2D eigenvalue weighted by molar-refractivity contribution is 5.25. The van der Waals surface area contributed by atoms with Crippen LogP contribution in [0.4, 0.5) is 4.39 Å². The van der Waals surface area contributed by atoms with Crippen LogP contribution in [0, 0.1) is 0 Å². The van der Waals surface area contributed by atoms with Gasteiger partial charge in [0.25, 0.3) is 5.95 Å². The van der Waals surface area contributed by atoms with Gasteiger partial charge in [-0.3, -0.25) is 0 Å². The van der Waals surface area contributed by atoms with Crippen LogP contribution in [0.2, 0.25) is 0 Å². The molecule has 2 unspecified atom stereocenters. The fourth-order valence-corrected chi connectivity index (χ4v) is 2.53. The predicted molar refractivity (Wildman–Crippen MR) is 68.0 cm³/mol. The molecule has 6 nitrogen and oxygen atoms in total. The molecule has 100 valence electrons. The van der Waals surface area contributed by atoms with E-state index in [1.54, 1.807) is 4.68 Å². The lowest BCUT2D eigenvalue weighted by atomic mass is 10.0. The normalized spacial score (nSPS) is 21.1. The highest BCUT2D eigenvalue weighted by Crippen LogP contribution is 2.39. The average Bonchev–Trinajstić information content (AvgIpc) is 3.17. The lowest BCUT2D eigenvalue weighted by Crippen LogP contribution is -2.08. The third-order valence-electron chi connectivity index (χ3n) is 3.46. The summed E-state index contributed by atoms with van der Waals surface area (Å²) in [5.41, 5.74) is 1.03. The molecule has 0 bridgehead atoms. The van der Waals surface area contributed by atoms with E-state index in [0.717, 1.165) is 5.56 Å². The fraction of sp³-hybridized carbons (Fsp3) is 0.231. The van der Waals surface area contributed by atoms with E-state index in [-0.39, 0.29) is 6.04 Å². The van der Waals surface area contributed by atoms with Crippen molar-refractivity contribution in [1.29, 1.82) is 0 Å². The van der Waals surface area contributed by atoms with Crippen molar-refractivity contribution in [2.75, 3.05) is 0 Å². The van der Waals surface area contributed by atoms with Crippen molar-refractivity contribution in [2.45, 2.75) is 18.6 Å². The molecule has 0 radical (unpaired) electrons. The van der Waals surface area contributed by atoms with Gasteiger partial charge in [0, 0.05) is 6.42 Å². The summed E-state index contributed by atoms with van der Waals surface area (Å²) in [4.78, 5) is 8.07. The standard InChI is InChI=1S/C13H11FN6/c14-10-6-11(9-4-2-1-3-5-9)20-12(10)17-13(18-20)19-8-15-7-16-19/h1-5,7-8,10-11H,6H2. The Morgan fingerprint density at radius 1 is 1.20 bits per heavy atom.